The van der Waals surface area contributed by atoms with Gasteiger partial charge in [0.1, 0.15) is 5.82 Å². The fraction of sp³-hybridized carbons (Fsp3) is 0.556. The zero-order valence-corrected chi connectivity index (χ0v) is 15.3. The molecule has 8 heteroatoms. The first-order chi connectivity index (χ1) is 12.6. The van der Waals surface area contributed by atoms with E-state index < -0.39 is 0 Å². The van der Waals surface area contributed by atoms with Crippen molar-refractivity contribution in [2.24, 2.45) is 5.92 Å². The predicted molar refractivity (Wildman–Crippen MR) is 96.8 cm³/mol. The average Bonchev–Trinajstić information content (AvgIpc) is 2.97. The minimum Gasteiger partial charge on any atom is -0.466 e. The van der Waals surface area contributed by atoms with Crippen LogP contribution in [0, 0.1) is 12.8 Å². The number of carbonyl (C=O) groups excluding carboxylic acids is 2. The van der Waals surface area contributed by atoms with Gasteiger partial charge in [0.05, 0.1) is 24.4 Å². The smallest absolute Gasteiger partial charge is 0.309 e. The number of nitrogens with zero attached hydrogens (tertiary/aromatic N) is 4. The highest BCUT2D eigenvalue weighted by Crippen LogP contribution is 2.20. The standard InChI is InChI=1S/C18H25N5O3/c1-3-26-18(25)14-5-9-22(10-6-14)16(24)4-7-20-17-13(2)21-15-12-19-8-11-23(15)17/h8,11-12,14,20H,3-7,9-10H2,1-2H3. The molecule has 0 radical (unpaired) electrons. The molecule has 0 unspecified atom stereocenters. The number of likely N-dealkylation sites (tertiary alicyclic amines) is 1. The van der Waals surface area contributed by atoms with Crippen LogP contribution in [0.1, 0.15) is 31.9 Å². The van der Waals surface area contributed by atoms with Gasteiger partial charge in [-0.2, -0.15) is 0 Å². The monoisotopic (exact) mass is 359 g/mol. The van der Waals surface area contributed by atoms with Gasteiger partial charge in [-0.3, -0.25) is 19.0 Å². The lowest BCUT2D eigenvalue weighted by atomic mass is 9.97. The maximum absolute atomic E-state index is 12.4. The first-order valence-electron chi connectivity index (χ1n) is 9.07. The van der Waals surface area contributed by atoms with Crippen molar-refractivity contribution in [3.63, 3.8) is 0 Å². The summed E-state index contributed by atoms with van der Waals surface area (Å²) in [5, 5.41) is 3.30. The number of aromatic nitrogens is 3. The van der Waals surface area contributed by atoms with Crippen molar-refractivity contribution >= 4 is 23.3 Å². The first-order valence-corrected chi connectivity index (χ1v) is 9.07. The van der Waals surface area contributed by atoms with E-state index in [4.69, 9.17) is 4.74 Å². The zero-order chi connectivity index (χ0) is 18.5. The second-order valence-electron chi connectivity index (χ2n) is 6.43. The molecule has 1 aliphatic rings. The molecule has 1 fully saturated rings. The zero-order valence-electron chi connectivity index (χ0n) is 15.3. The Morgan fingerprint density at radius 2 is 2.12 bits per heavy atom. The van der Waals surface area contributed by atoms with Crippen molar-refractivity contribution < 1.29 is 14.3 Å². The molecule has 1 amide bonds. The highest BCUT2D eigenvalue weighted by Gasteiger charge is 2.27. The van der Waals surface area contributed by atoms with Crippen LogP contribution in [-0.2, 0) is 14.3 Å². The number of esters is 1. The molecule has 3 heterocycles. The van der Waals surface area contributed by atoms with Gasteiger partial charge in [-0.05, 0) is 26.7 Å². The summed E-state index contributed by atoms with van der Waals surface area (Å²) in [7, 11) is 0. The quantitative estimate of drug-likeness (QED) is 0.789. The molecule has 1 aliphatic heterocycles. The molecule has 1 saturated heterocycles. The summed E-state index contributed by atoms with van der Waals surface area (Å²) in [6, 6.07) is 0. The maximum Gasteiger partial charge on any atom is 0.309 e. The number of ether oxygens (including phenoxy) is 1. The third kappa shape index (κ3) is 3.95. The molecule has 26 heavy (non-hydrogen) atoms. The van der Waals surface area contributed by atoms with Gasteiger partial charge in [0.25, 0.3) is 0 Å². The highest BCUT2D eigenvalue weighted by atomic mass is 16.5. The van der Waals surface area contributed by atoms with Crippen LogP contribution in [0.2, 0.25) is 0 Å². The van der Waals surface area contributed by atoms with Gasteiger partial charge in [0, 0.05) is 38.4 Å². The minimum absolute atomic E-state index is 0.0773. The summed E-state index contributed by atoms with van der Waals surface area (Å²) >= 11 is 0. The Morgan fingerprint density at radius 1 is 1.35 bits per heavy atom. The van der Waals surface area contributed by atoms with E-state index in [9.17, 15) is 9.59 Å². The highest BCUT2D eigenvalue weighted by molar-refractivity contribution is 5.78. The molecule has 0 aromatic carbocycles. The summed E-state index contributed by atoms with van der Waals surface area (Å²) in [6.07, 6.45) is 7.02. The van der Waals surface area contributed by atoms with Gasteiger partial charge >= 0.3 is 5.97 Å². The lowest BCUT2D eigenvalue weighted by Gasteiger charge is -2.31. The fourth-order valence-corrected chi connectivity index (χ4v) is 3.31. The third-order valence-corrected chi connectivity index (χ3v) is 4.70. The van der Waals surface area contributed by atoms with Gasteiger partial charge < -0.3 is 15.0 Å². The molecule has 0 bridgehead atoms. The van der Waals surface area contributed by atoms with E-state index in [1.807, 2.05) is 29.3 Å². The lowest BCUT2D eigenvalue weighted by molar-refractivity contribution is -0.151. The molecule has 8 nitrogen and oxygen atoms in total. The van der Waals surface area contributed by atoms with E-state index in [1.54, 1.807) is 12.4 Å². The van der Waals surface area contributed by atoms with E-state index in [-0.39, 0.29) is 17.8 Å². The van der Waals surface area contributed by atoms with E-state index in [0.29, 0.717) is 45.5 Å². The maximum atomic E-state index is 12.4. The molecule has 2 aromatic heterocycles. The number of hydrogen-bond donors (Lipinski definition) is 1. The topological polar surface area (TPSA) is 88.8 Å². The van der Waals surface area contributed by atoms with Crippen LogP contribution in [0.15, 0.2) is 18.6 Å². The Morgan fingerprint density at radius 3 is 2.85 bits per heavy atom. The lowest BCUT2D eigenvalue weighted by Crippen LogP contribution is -2.41. The molecule has 0 saturated carbocycles. The van der Waals surface area contributed by atoms with Crippen LogP contribution >= 0.6 is 0 Å². The summed E-state index contributed by atoms with van der Waals surface area (Å²) < 4.78 is 6.99. The van der Waals surface area contributed by atoms with Crippen molar-refractivity contribution in [3.05, 3.63) is 24.3 Å². The van der Waals surface area contributed by atoms with E-state index in [0.717, 1.165) is 17.2 Å². The SMILES string of the molecule is CCOC(=O)C1CCN(C(=O)CCNc2c(C)nc3cnccn23)CC1. The normalized spacial score (nSPS) is 15.2. The summed E-state index contributed by atoms with van der Waals surface area (Å²) in [6.45, 7) is 5.91. The van der Waals surface area contributed by atoms with Crippen molar-refractivity contribution in [2.75, 3.05) is 31.6 Å². The molecule has 2 aromatic rings. The Hall–Kier alpha value is -2.64. The summed E-state index contributed by atoms with van der Waals surface area (Å²) in [5.41, 5.74) is 1.65. The van der Waals surface area contributed by atoms with Gasteiger partial charge in [0.2, 0.25) is 5.91 Å². The second-order valence-corrected chi connectivity index (χ2v) is 6.43. The van der Waals surface area contributed by atoms with Gasteiger partial charge in [-0.15, -0.1) is 0 Å². The second kappa shape index (κ2) is 8.16. The average molecular weight is 359 g/mol. The van der Waals surface area contributed by atoms with E-state index in [2.05, 4.69) is 15.3 Å². The number of imidazole rings is 1. The van der Waals surface area contributed by atoms with Crippen LogP contribution in [0.4, 0.5) is 5.82 Å². The van der Waals surface area contributed by atoms with Crippen LogP contribution < -0.4 is 5.32 Å². The van der Waals surface area contributed by atoms with Gasteiger partial charge in [0.15, 0.2) is 5.65 Å². The fourth-order valence-electron chi connectivity index (χ4n) is 3.31. The van der Waals surface area contributed by atoms with Crippen molar-refractivity contribution in [1.29, 1.82) is 0 Å². The number of amides is 1. The molecule has 0 atom stereocenters. The van der Waals surface area contributed by atoms with Crippen LogP contribution in [0.5, 0.6) is 0 Å². The number of piperidine rings is 1. The Labute approximate surface area is 152 Å². The summed E-state index contributed by atoms with van der Waals surface area (Å²) in [5.74, 6) is 0.773. The number of anilines is 1. The van der Waals surface area contributed by atoms with Crippen molar-refractivity contribution in [2.45, 2.75) is 33.1 Å². The van der Waals surface area contributed by atoms with Gasteiger partial charge in [-0.25, -0.2) is 4.98 Å². The van der Waals surface area contributed by atoms with Crippen LogP contribution in [0.25, 0.3) is 5.65 Å². The van der Waals surface area contributed by atoms with Gasteiger partial charge in [-0.1, -0.05) is 0 Å². The van der Waals surface area contributed by atoms with E-state index in [1.165, 1.54) is 0 Å². The van der Waals surface area contributed by atoms with Crippen molar-refractivity contribution in [3.8, 4) is 0 Å². The minimum atomic E-state index is -0.140. The Kier molecular flexibility index (Phi) is 5.70. The molecular formula is C18H25N5O3. The first kappa shape index (κ1) is 18.2. The number of carbonyl (C=O) groups is 2. The number of fused-ring (bicyclic) bond motifs is 1. The Bertz CT molecular complexity index is 780. The number of hydrogen-bond acceptors (Lipinski definition) is 6. The molecule has 3 rings (SSSR count). The number of nitrogens with one attached hydrogen (secondary N) is 1. The largest absolute Gasteiger partial charge is 0.466 e. The van der Waals surface area contributed by atoms with E-state index >= 15 is 0 Å². The predicted octanol–water partition coefficient (Wildman–Crippen LogP) is 1.64. The molecule has 140 valence electrons. The van der Waals surface area contributed by atoms with Crippen LogP contribution in [-0.4, -0.2) is 57.4 Å². The molecule has 0 aliphatic carbocycles. The van der Waals surface area contributed by atoms with Crippen LogP contribution in [0.3, 0.4) is 0 Å². The Balaban J connectivity index is 1.47. The third-order valence-electron chi connectivity index (χ3n) is 4.70. The molecule has 1 N–H and O–H groups in total. The number of aryl methyl sites for hydroxylation is 1. The summed E-state index contributed by atoms with van der Waals surface area (Å²) in [4.78, 5) is 34.5. The number of rotatable bonds is 6. The molecular weight excluding hydrogens is 334 g/mol. The van der Waals surface area contributed by atoms with Crippen molar-refractivity contribution in [1.82, 2.24) is 19.3 Å². The molecule has 0 spiro atoms.